The molecule has 0 spiro atoms. The van der Waals surface area contributed by atoms with E-state index in [0.29, 0.717) is 25.7 Å². The lowest BCUT2D eigenvalue weighted by molar-refractivity contribution is -0.165. The van der Waals surface area contributed by atoms with Gasteiger partial charge in [-0.05, 0) is 19.3 Å². The Morgan fingerprint density at radius 3 is 2.17 bits per heavy atom. The van der Waals surface area contributed by atoms with Crippen molar-refractivity contribution in [3.05, 3.63) is 0 Å². The van der Waals surface area contributed by atoms with Crippen LogP contribution in [0.5, 0.6) is 0 Å². The molecule has 0 rings (SSSR count). The summed E-state index contributed by atoms with van der Waals surface area (Å²) in [5.41, 5.74) is 0. The van der Waals surface area contributed by atoms with Crippen LogP contribution in [0, 0.1) is 0 Å². The lowest BCUT2D eigenvalue weighted by Gasteiger charge is -2.14. The molecule has 0 bridgehead atoms. The van der Waals surface area contributed by atoms with Crippen LogP contribution in [0.25, 0.3) is 0 Å². The molecule has 0 fully saturated rings. The second-order valence-electron chi connectivity index (χ2n) is 3.80. The second-order valence-corrected chi connectivity index (χ2v) is 3.80. The van der Waals surface area contributed by atoms with Crippen LogP contribution in [-0.4, -0.2) is 38.2 Å². The Hall–Kier alpha value is -1.59. The van der Waals surface area contributed by atoms with Crippen molar-refractivity contribution in [1.29, 1.82) is 0 Å². The molecule has 0 aromatic carbocycles. The van der Waals surface area contributed by atoms with Gasteiger partial charge >= 0.3 is 17.9 Å². The van der Waals surface area contributed by atoms with Gasteiger partial charge in [-0.3, -0.25) is 9.59 Å². The molecule has 0 aliphatic heterocycles. The van der Waals surface area contributed by atoms with Gasteiger partial charge in [0.25, 0.3) is 0 Å². The molecule has 0 saturated carbocycles. The highest BCUT2D eigenvalue weighted by Gasteiger charge is 2.21. The molecule has 0 amide bonds. The predicted molar refractivity (Wildman–Crippen MR) is 62.7 cm³/mol. The molecule has 0 aliphatic rings. The van der Waals surface area contributed by atoms with Crippen molar-refractivity contribution in [3.8, 4) is 0 Å². The van der Waals surface area contributed by atoms with E-state index < -0.39 is 18.0 Å². The molecule has 6 heteroatoms. The maximum atomic E-state index is 11.3. The molecule has 0 N–H and O–H groups in total. The molecule has 6 nitrogen and oxygen atoms in total. The Morgan fingerprint density at radius 2 is 1.67 bits per heavy atom. The number of ether oxygens (including phenoxy) is 3. The lowest BCUT2D eigenvalue weighted by Crippen LogP contribution is -2.27. The van der Waals surface area contributed by atoms with E-state index in [9.17, 15) is 14.4 Å². The smallest absolute Gasteiger partial charge is 0.347 e. The highest BCUT2D eigenvalue weighted by Crippen LogP contribution is 2.10. The van der Waals surface area contributed by atoms with Gasteiger partial charge in [0.2, 0.25) is 0 Å². The minimum Gasteiger partial charge on any atom is -0.469 e. The lowest BCUT2D eigenvalue weighted by atomic mass is 10.1. The minimum atomic E-state index is -0.856. The fourth-order valence-electron chi connectivity index (χ4n) is 1.43. The summed E-state index contributed by atoms with van der Waals surface area (Å²) in [6, 6.07) is 0. The predicted octanol–water partition coefficient (Wildman–Crippen LogP) is 1.21. The molecule has 0 heterocycles. The van der Waals surface area contributed by atoms with Crippen molar-refractivity contribution in [2.24, 2.45) is 0 Å². The number of unbranched alkanes of at least 4 members (excludes halogenated alkanes) is 2. The summed E-state index contributed by atoms with van der Waals surface area (Å²) in [4.78, 5) is 32.9. The minimum absolute atomic E-state index is 0.250. The summed E-state index contributed by atoms with van der Waals surface area (Å²) in [6.45, 7) is 1.24. The number of hydrogen-bond acceptors (Lipinski definition) is 6. The van der Waals surface area contributed by atoms with Crippen molar-refractivity contribution in [3.63, 3.8) is 0 Å². The van der Waals surface area contributed by atoms with Gasteiger partial charge in [-0.15, -0.1) is 0 Å². The largest absolute Gasteiger partial charge is 0.469 e. The Kier molecular flexibility index (Phi) is 8.61. The van der Waals surface area contributed by atoms with Gasteiger partial charge in [-0.1, -0.05) is 6.42 Å². The first-order valence-corrected chi connectivity index (χ1v) is 5.83. The molecular weight excluding hydrogens is 240 g/mol. The maximum absolute atomic E-state index is 11.3. The molecule has 104 valence electrons. The summed E-state index contributed by atoms with van der Waals surface area (Å²) in [6.07, 6.45) is 2.00. The van der Waals surface area contributed by atoms with Gasteiger partial charge in [0.15, 0.2) is 6.10 Å². The van der Waals surface area contributed by atoms with Gasteiger partial charge in [-0.2, -0.15) is 0 Å². The number of methoxy groups -OCH3 is 2. The Balaban J connectivity index is 3.86. The zero-order valence-electron chi connectivity index (χ0n) is 11.1. The normalized spacial score (nSPS) is 11.5. The molecule has 0 aliphatic carbocycles. The highest BCUT2D eigenvalue weighted by molar-refractivity contribution is 5.78. The topological polar surface area (TPSA) is 78.9 Å². The van der Waals surface area contributed by atoms with Gasteiger partial charge < -0.3 is 14.2 Å². The SMILES string of the molecule is COC(=O)CCCCC[C@H](OC(C)=O)C(=O)OC. The van der Waals surface area contributed by atoms with E-state index in [1.165, 1.54) is 21.1 Å². The van der Waals surface area contributed by atoms with E-state index >= 15 is 0 Å². The third-order valence-corrected chi connectivity index (χ3v) is 2.35. The van der Waals surface area contributed by atoms with Crippen molar-refractivity contribution in [1.82, 2.24) is 0 Å². The monoisotopic (exact) mass is 260 g/mol. The summed E-state index contributed by atoms with van der Waals surface area (Å²) < 4.78 is 13.9. The van der Waals surface area contributed by atoms with Crippen LogP contribution in [0.4, 0.5) is 0 Å². The molecule has 0 saturated heterocycles. The fraction of sp³-hybridized carbons (Fsp3) is 0.750. The second kappa shape index (κ2) is 9.44. The summed E-state index contributed by atoms with van der Waals surface area (Å²) >= 11 is 0. The molecule has 18 heavy (non-hydrogen) atoms. The first kappa shape index (κ1) is 16.4. The van der Waals surface area contributed by atoms with E-state index in [1.807, 2.05) is 0 Å². The summed E-state index contributed by atoms with van der Waals surface area (Å²) in [5, 5.41) is 0. The van der Waals surface area contributed by atoms with Crippen LogP contribution < -0.4 is 0 Å². The third kappa shape index (κ3) is 7.65. The summed E-state index contributed by atoms with van der Waals surface area (Å²) in [5.74, 6) is -1.32. The number of carbonyl (C=O) groups is 3. The Morgan fingerprint density at radius 1 is 1.00 bits per heavy atom. The van der Waals surface area contributed by atoms with Crippen LogP contribution >= 0.6 is 0 Å². The average molecular weight is 260 g/mol. The van der Waals surface area contributed by atoms with Crippen molar-refractivity contribution in [2.75, 3.05) is 14.2 Å². The zero-order chi connectivity index (χ0) is 14.0. The average Bonchev–Trinajstić information content (AvgIpc) is 2.35. The first-order valence-electron chi connectivity index (χ1n) is 5.83. The van der Waals surface area contributed by atoms with E-state index in [-0.39, 0.29) is 5.97 Å². The maximum Gasteiger partial charge on any atom is 0.347 e. The van der Waals surface area contributed by atoms with E-state index in [2.05, 4.69) is 9.47 Å². The van der Waals surface area contributed by atoms with Crippen LogP contribution in [-0.2, 0) is 28.6 Å². The van der Waals surface area contributed by atoms with Gasteiger partial charge in [0.1, 0.15) is 0 Å². The molecule has 0 aromatic rings. The third-order valence-electron chi connectivity index (χ3n) is 2.35. The zero-order valence-corrected chi connectivity index (χ0v) is 11.1. The van der Waals surface area contributed by atoms with Gasteiger partial charge in [0, 0.05) is 13.3 Å². The van der Waals surface area contributed by atoms with Gasteiger partial charge in [-0.25, -0.2) is 4.79 Å². The molecule has 0 unspecified atom stereocenters. The fourth-order valence-corrected chi connectivity index (χ4v) is 1.43. The van der Waals surface area contributed by atoms with E-state index in [4.69, 9.17) is 4.74 Å². The standard InChI is InChI=1S/C12H20O6/c1-9(13)18-10(12(15)17-3)7-5-4-6-8-11(14)16-2/h10H,4-8H2,1-3H3/t10-/m0/s1. The molecule has 1 atom stereocenters. The van der Waals surface area contributed by atoms with Crippen molar-refractivity contribution >= 4 is 17.9 Å². The quantitative estimate of drug-likeness (QED) is 0.371. The van der Waals surface area contributed by atoms with E-state index in [0.717, 1.165) is 6.42 Å². The Labute approximate surface area is 107 Å². The van der Waals surface area contributed by atoms with Crippen LogP contribution in [0.1, 0.15) is 39.0 Å². The van der Waals surface area contributed by atoms with Crippen molar-refractivity contribution < 1.29 is 28.6 Å². The summed E-state index contributed by atoms with van der Waals surface area (Å²) in [7, 11) is 2.59. The Bertz CT molecular complexity index is 286. The van der Waals surface area contributed by atoms with Crippen LogP contribution in [0.3, 0.4) is 0 Å². The van der Waals surface area contributed by atoms with Gasteiger partial charge in [0.05, 0.1) is 14.2 Å². The first-order chi connectivity index (χ1) is 8.51. The number of hydrogen-bond donors (Lipinski definition) is 0. The number of esters is 3. The highest BCUT2D eigenvalue weighted by atomic mass is 16.6. The molecular formula is C12H20O6. The van der Waals surface area contributed by atoms with Crippen molar-refractivity contribution in [2.45, 2.75) is 45.1 Å². The number of rotatable bonds is 8. The number of carbonyl (C=O) groups excluding carboxylic acids is 3. The van der Waals surface area contributed by atoms with E-state index in [1.54, 1.807) is 0 Å². The van der Waals surface area contributed by atoms with Crippen LogP contribution in [0.15, 0.2) is 0 Å². The molecule has 0 radical (unpaired) electrons. The molecule has 0 aromatic heterocycles. The van der Waals surface area contributed by atoms with Crippen LogP contribution in [0.2, 0.25) is 0 Å².